The molecule has 0 saturated heterocycles. The minimum Gasteiger partial charge on any atom is -0.497 e. The van der Waals surface area contributed by atoms with Gasteiger partial charge in [-0.1, -0.05) is 13.8 Å². The summed E-state index contributed by atoms with van der Waals surface area (Å²) < 4.78 is 10.8. The van der Waals surface area contributed by atoms with Crippen molar-refractivity contribution in [2.45, 2.75) is 25.9 Å². The van der Waals surface area contributed by atoms with Crippen LogP contribution in [0.15, 0.2) is 18.2 Å². The normalized spacial score (nSPS) is 12.8. The lowest BCUT2D eigenvalue weighted by atomic mass is 10.0. The predicted molar refractivity (Wildman–Crippen MR) is 79.1 cm³/mol. The quantitative estimate of drug-likeness (QED) is 0.821. The highest BCUT2D eigenvalue weighted by molar-refractivity contribution is 5.42. The van der Waals surface area contributed by atoms with Crippen molar-refractivity contribution < 1.29 is 9.47 Å². The van der Waals surface area contributed by atoms with E-state index in [1.165, 1.54) is 0 Å². The van der Waals surface area contributed by atoms with Gasteiger partial charge in [0.2, 0.25) is 0 Å². The molecular weight excluding hydrogens is 240 g/mol. The van der Waals surface area contributed by atoms with Gasteiger partial charge in [0.1, 0.15) is 11.5 Å². The van der Waals surface area contributed by atoms with Gasteiger partial charge in [-0.3, -0.25) is 0 Å². The van der Waals surface area contributed by atoms with Gasteiger partial charge in [-0.15, -0.1) is 0 Å². The second-order valence-electron chi connectivity index (χ2n) is 5.15. The van der Waals surface area contributed by atoms with Crippen LogP contribution in [0.3, 0.4) is 0 Å². The molecule has 0 bridgehead atoms. The molecule has 1 atom stereocenters. The lowest BCUT2D eigenvalue weighted by molar-refractivity contribution is 0.273. The molecule has 0 amide bonds. The summed E-state index contributed by atoms with van der Waals surface area (Å²) in [7, 11) is 7.54. The summed E-state index contributed by atoms with van der Waals surface area (Å²) in [6.45, 7) is 5.17. The Morgan fingerprint density at radius 2 is 1.84 bits per heavy atom. The van der Waals surface area contributed by atoms with Crippen molar-refractivity contribution in [3.63, 3.8) is 0 Å². The Morgan fingerprint density at radius 1 is 1.16 bits per heavy atom. The molecule has 1 rings (SSSR count). The third-order valence-electron chi connectivity index (χ3n) is 3.14. The van der Waals surface area contributed by atoms with Crippen molar-refractivity contribution in [3.8, 4) is 11.5 Å². The Kier molecular flexibility index (Phi) is 6.12. The van der Waals surface area contributed by atoms with E-state index in [1.54, 1.807) is 14.2 Å². The van der Waals surface area contributed by atoms with Crippen LogP contribution < -0.4 is 14.8 Å². The highest BCUT2D eigenvalue weighted by Gasteiger charge is 2.19. The molecule has 0 heterocycles. The van der Waals surface area contributed by atoms with Crippen LogP contribution in [0.4, 0.5) is 0 Å². The van der Waals surface area contributed by atoms with Gasteiger partial charge in [-0.05, 0) is 32.3 Å². The Labute approximate surface area is 116 Å². The van der Waals surface area contributed by atoms with Gasteiger partial charge in [0.25, 0.3) is 0 Å². The van der Waals surface area contributed by atoms with Gasteiger partial charge in [0, 0.05) is 18.2 Å². The van der Waals surface area contributed by atoms with E-state index in [-0.39, 0.29) is 6.04 Å². The van der Waals surface area contributed by atoms with Crippen molar-refractivity contribution in [3.05, 3.63) is 23.8 Å². The molecule has 1 aromatic rings. The van der Waals surface area contributed by atoms with Crippen LogP contribution in [-0.4, -0.2) is 45.8 Å². The van der Waals surface area contributed by atoms with Crippen LogP contribution in [0.2, 0.25) is 0 Å². The zero-order chi connectivity index (χ0) is 14.4. The van der Waals surface area contributed by atoms with E-state index >= 15 is 0 Å². The first-order valence-electron chi connectivity index (χ1n) is 6.61. The number of nitrogens with zero attached hydrogens (tertiary/aromatic N) is 1. The van der Waals surface area contributed by atoms with E-state index in [0.717, 1.165) is 23.6 Å². The largest absolute Gasteiger partial charge is 0.497 e. The maximum atomic E-state index is 5.47. The number of nitrogens with one attached hydrogen (secondary N) is 1. The zero-order valence-corrected chi connectivity index (χ0v) is 12.9. The molecule has 0 saturated carbocycles. The van der Waals surface area contributed by atoms with E-state index in [4.69, 9.17) is 9.47 Å². The topological polar surface area (TPSA) is 33.7 Å². The van der Waals surface area contributed by atoms with Crippen molar-refractivity contribution in [2.24, 2.45) is 0 Å². The summed E-state index contributed by atoms with van der Waals surface area (Å²) in [5.41, 5.74) is 1.14. The van der Waals surface area contributed by atoms with Crippen LogP contribution >= 0.6 is 0 Å². The molecule has 0 fully saturated rings. The number of hydrogen-bond acceptors (Lipinski definition) is 4. The van der Waals surface area contributed by atoms with Crippen molar-refractivity contribution in [2.75, 3.05) is 34.9 Å². The second-order valence-corrected chi connectivity index (χ2v) is 5.15. The van der Waals surface area contributed by atoms with Gasteiger partial charge in [-0.25, -0.2) is 0 Å². The highest BCUT2D eigenvalue weighted by Crippen LogP contribution is 2.31. The Hall–Kier alpha value is -1.26. The molecule has 1 unspecified atom stereocenters. The molecule has 0 aromatic heterocycles. The summed E-state index contributed by atoms with van der Waals surface area (Å²) in [5.74, 6) is 1.75. The first-order valence-corrected chi connectivity index (χ1v) is 6.61. The van der Waals surface area contributed by atoms with E-state index < -0.39 is 0 Å². The number of hydrogen-bond donors (Lipinski definition) is 1. The van der Waals surface area contributed by atoms with Crippen LogP contribution in [-0.2, 0) is 0 Å². The summed E-state index contributed by atoms with van der Waals surface area (Å²) >= 11 is 0. The fourth-order valence-electron chi connectivity index (χ4n) is 2.02. The van der Waals surface area contributed by atoms with Gasteiger partial charge in [0.15, 0.2) is 0 Å². The zero-order valence-electron chi connectivity index (χ0n) is 12.9. The standard InChI is InChI=1S/C15H26N2O2/c1-11(2)16-10-14(17(3)4)13-9-12(18-5)7-8-15(13)19-6/h7-9,11,14,16H,10H2,1-6H3. The third-order valence-corrected chi connectivity index (χ3v) is 3.14. The van der Waals surface area contributed by atoms with Gasteiger partial charge >= 0.3 is 0 Å². The smallest absolute Gasteiger partial charge is 0.123 e. The van der Waals surface area contributed by atoms with Crippen LogP contribution in [0.25, 0.3) is 0 Å². The number of rotatable bonds is 7. The first-order chi connectivity index (χ1) is 8.99. The summed E-state index contributed by atoms with van der Waals surface area (Å²) in [6.07, 6.45) is 0. The predicted octanol–water partition coefficient (Wildman–Crippen LogP) is 2.30. The van der Waals surface area contributed by atoms with Crippen LogP contribution in [0.1, 0.15) is 25.5 Å². The second kappa shape index (κ2) is 7.36. The summed E-state index contributed by atoms with van der Waals surface area (Å²) in [5, 5.41) is 3.48. The summed E-state index contributed by atoms with van der Waals surface area (Å²) in [4.78, 5) is 2.19. The Bertz CT molecular complexity index is 392. The molecule has 0 spiro atoms. The van der Waals surface area contributed by atoms with Crippen molar-refractivity contribution in [1.82, 2.24) is 10.2 Å². The van der Waals surface area contributed by atoms with E-state index in [9.17, 15) is 0 Å². The molecule has 1 N–H and O–H groups in total. The Balaban J connectivity index is 3.05. The molecule has 108 valence electrons. The highest BCUT2D eigenvalue weighted by atomic mass is 16.5. The molecule has 0 radical (unpaired) electrons. The maximum absolute atomic E-state index is 5.47. The first kappa shape index (κ1) is 15.8. The molecule has 4 nitrogen and oxygen atoms in total. The van der Waals surface area contributed by atoms with Crippen LogP contribution in [0, 0.1) is 0 Å². The van der Waals surface area contributed by atoms with E-state index in [0.29, 0.717) is 6.04 Å². The number of likely N-dealkylation sites (N-methyl/N-ethyl adjacent to an activating group) is 1. The maximum Gasteiger partial charge on any atom is 0.123 e. The van der Waals surface area contributed by atoms with Crippen LogP contribution in [0.5, 0.6) is 11.5 Å². The monoisotopic (exact) mass is 266 g/mol. The molecule has 0 aliphatic rings. The molecular formula is C15H26N2O2. The molecule has 19 heavy (non-hydrogen) atoms. The summed E-state index contributed by atoms with van der Waals surface area (Å²) in [6, 6.07) is 6.63. The lowest BCUT2D eigenvalue weighted by Gasteiger charge is -2.27. The fourth-order valence-corrected chi connectivity index (χ4v) is 2.02. The molecule has 1 aromatic carbocycles. The van der Waals surface area contributed by atoms with Gasteiger partial charge < -0.3 is 19.7 Å². The number of ether oxygens (including phenoxy) is 2. The lowest BCUT2D eigenvalue weighted by Crippen LogP contribution is -2.34. The third kappa shape index (κ3) is 4.40. The SMILES string of the molecule is COc1ccc(OC)c(C(CNC(C)C)N(C)C)c1. The van der Waals surface area contributed by atoms with Gasteiger partial charge in [-0.2, -0.15) is 0 Å². The molecule has 0 aliphatic heterocycles. The van der Waals surface area contributed by atoms with E-state index in [2.05, 4.69) is 38.2 Å². The number of benzene rings is 1. The fraction of sp³-hybridized carbons (Fsp3) is 0.600. The molecule has 4 heteroatoms. The Morgan fingerprint density at radius 3 is 2.32 bits per heavy atom. The van der Waals surface area contributed by atoms with Crippen molar-refractivity contribution in [1.29, 1.82) is 0 Å². The minimum atomic E-state index is 0.243. The average Bonchev–Trinajstić information content (AvgIpc) is 2.38. The van der Waals surface area contributed by atoms with E-state index in [1.807, 2.05) is 18.2 Å². The minimum absolute atomic E-state index is 0.243. The number of methoxy groups -OCH3 is 2. The molecule has 0 aliphatic carbocycles. The van der Waals surface area contributed by atoms with Crippen molar-refractivity contribution >= 4 is 0 Å². The average molecular weight is 266 g/mol. The van der Waals surface area contributed by atoms with Gasteiger partial charge in [0.05, 0.1) is 20.3 Å².